The van der Waals surface area contributed by atoms with Crippen LogP contribution in [0.3, 0.4) is 0 Å². The van der Waals surface area contributed by atoms with Gasteiger partial charge in [-0.15, -0.1) is 0 Å². The van der Waals surface area contributed by atoms with Gasteiger partial charge in [0.05, 0.1) is 6.54 Å². The molecule has 5 nitrogen and oxygen atoms in total. The number of hydrogen-bond donors (Lipinski definition) is 1. The van der Waals surface area contributed by atoms with Crippen molar-refractivity contribution in [2.45, 2.75) is 43.8 Å². The molecule has 5 heteroatoms. The molecular formula is C15H28N4O. The lowest BCUT2D eigenvalue weighted by Gasteiger charge is -2.40. The number of carbonyl (C=O) groups excluding carboxylic acids is 1. The first kappa shape index (κ1) is 14.3. The molecule has 0 aromatic rings. The SMILES string of the molecule is CN(CC(=O)N1CCNCC1)C1CC2CCC(C1)N2C. The molecule has 20 heavy (non-hydrogen) atoms. The number of hydrogen-bond acceptors (Lipinski definition) is 4. The van der Waals surface area contributed by atoms with Crippen molar-refractivity contribution in [2.24, 2.45) is 0 Å². The molecule has 1 N–H and O–H groups in total. The summed E-state index contributed by atoms with van der Waals surface area (Å²) in [6, 6.07) is 2.08. The van der Waals surface area contributed by atoms with Gasteiger partial charge in [0.25, 0.3) is 0 Å². The van der Waals surface area contributed by atoms with E-state index >= 15 is 0 Å². The molecule has 0 aromatic carbocycles. The first-order valence-electron chi connectivity index (χ1n) is 8.06. The second kappa shape index (κ2) is 6.00. The van der Waals surface area contributed by atoms with E-state index in [1.165, 1.54) is 25.7 Å². The Labute approximate surface area is 122 Å². The lowest BCUT2D eigenvalue weighted by molar-refractivity contribution is -0.133. The Hall–Kier alpha value is -0.650. The van der Waals surface area contributed by atoms with E-state index in [4.69, 9.17) is 0 Å². The lowest BCUT2D eigenvalue weighted by Crippen LogP contribution is -2.52. The Kier molecular flexibility index (Phi) is 4.29. The number of piperazine rings is 1. The summed E-state index contributed by atoms with van der Waals surface area (Å²) in [6.07, 6.45) is 5.16. The van der Waals surface area contributed by atoms with Crippen LogP contribution >= 0.6 is 0 Å². The summed E-state index contributed by atoms with van der Waals surface area (Å²) in [7, 11) is 4.40. The van der Waals surface area contributed by atoms with Crippen LogP contribution in [0.4, 0.5) is 0 Å². The number of fused-ring (bicyclic) bond motifs is 2. The van der Waals surface area contributed by atoms with Crippen LogP contribution in [0.15, 0.2) is 0 Å². The van der Waals surface area contributed by atoms with Crippen molar-refractivity contribution < 1.29 is 4.79 Å². The lowest BCUT2D eigenvalue weighted by atomic mass is 9.97. The van der Waals surface area contributed by atoms with Gasteiger partial charge in [-0.25, -0.2) is 0 Å². The van der Waals surface area contributed by atoms with Crippen LogP contribution in [0.5, 0.6) is 0 Å². The zero-order valence-corrected chi connectivity index (χ0v) is 12.8. The first-order valence-corrected chi connectivity index (χ1v) is 8.06. The van der Waals surface area contributed by atoms with E-state index in [0.29, 0.717) is 18.5 Å². The molecule has 0 radical (unpaired) electrons. The van der Waals surface area contributed by atoms with E-state index in [-0.39, 0.29) is 0 Å². The summed E-state index contributed by atoms with van der Waals surface area (Å²) in [4.78, 5) is 19.2. The summed E-state index contributed by atoms with van der Waals surface area (Å²) < 4.78 is 0. The highest BCUT2D eigenvalue weighted by molar-refractivity contribution is 5.78. The summed E-state index contributed by atoms with van der Waals surface area (Å²) in [6.45, 7) is 4.20. The number of carbonyl (C=O) groups is 1. The predicted octanol–water partition coefficient (Wildman–Crippen LogP) is -0.0248. The highest BCUT2D eigenvalue weighted by atomic mass is 16.2. The molecule has 3 fully saturated rings. The standard InChI is InChI=1S/C15H28N4O/c1-17(11-15(20)19-7-5-16-6-8-19)14-9-12-3-4-13(10-14)18(12)2/h12-14,16H,3-11H2,1-2H3. The van der Waals surface area contributed by atoms with Gasteiger partial charge in [-0.2, -0.15) is 0 Å². The maximum absolute atomic E-state index is 12.3. The van der Waals surface area contributed by atoms with Crippen LogP contribution in [-0.4, -0.2) is 85.6 Å². The third kappa shape index (κ3) is 2.85. The van der Waals surface area contributed by atoms with Gasteiger partial charge in [0.15, 0.2) is 0 Å². The van der Waals surface area contributed by atoms with Crippen LogP contribution in [0, 0.1) is 0 Å². The van der Waals surface area contributed by atoms with Crippen LogP contribution in [0.2, 0.25) is 0 Å². The van der Waals surface area contributed by atoms with Gasteiger partial charge in [0.1, 0.15) is 0 Å². The first-order chi connectivity index (χ1) is 9.65. The number of nitrogens with one attached hydrogen (secondary N) is 1. The number of likely N-dealkylation sites (N-methyl/N-ethyl adjacent to an activating group) is 1. The van der Waals surface area contributed by atoms with Crippen molar-refractivity contribution in [3.8, 4) is 0 Å². The quantitative estimate of drug-likeness (QED) is 0.788. The van der Waals surface area contributed by atoms with E-state index in [0.717, 1.165) is 38.3 Å². The minimum atomic E-state index is 0.306. The second-order valence-electron chi connectivity index (χ2n) is 6.72. The van der Waals surface area contributed by atoms with Crippen molar-refractivity contribution in [3.63, 3.8) is 0 Å². The highest BCUT2D eigenvalue weighted by Gasteiger charge is 2.39. The molecule has 114 valence electrons. The summed E-state index contributed by atoms with van der Waals surface area (Å²) in [5, 5.41) is 3.30. The van der Waals surface area contributed by atoms with Crippen molar-refractivity contribution in [2.75, 3.05) is 46.8 Å². The number of amides is 1. The molecule has 1 amide bonds. The summed E-state index contributed by atoms with van der Waals surface area (Å²) >= 11 is 0. The van der Waals surface area contributed by atoms with Gasteiger partial charge >= 0.3 is 0 Å². The Morgan fingerprint density at radius 1 is 1.20 bits per heavy atom. The highest BCUT2D eigenvalue weighted by Crippen LogP contribution is 2.35. The molecule has 0 aromatic heterocycles. The fourth-order valence-corrected chi connectivity index (χ4v) is 4.10. The van der Waals surface area contributed by atoms with E-state index in [1.54, 1.807) is 0 Å². The van der Waals surface area contributed by atoms with Gasteiger partial charge < -0.3 is 15.1 Å². The van der Waals surface area contributed by atoms with Crippen molar-refractivity contribution in [1.29, 1.82) is 0 Å². The molecule has 3 saturated heterocycles. The van der Waals surface area contributed by atoms with Crippen molar-refractivity contribution in [3.05, 3.63) is 0 Å². The number of rotatable bonds is 3. The van der Waals surface area contributed by atoms with Crippen LogP contribution in [0.25, 0.3) is 0 Å². The molecule has 3 aliphatic rings. The van der Waals surface area contributed by atoms with Crippen molar-refractivity contribution >= 4 is 5.91 Å². The smallest absolute Gasteiger partial charge is 0.236 e. The Morgan fingerprint density at radius 3 is 2.40 bits per heavy atom. The molecule has 3 rings (SSSR count). The van der Waals surface area contributed by atoms with E-state index < -0.39 is 0 Å². The second-order valence-corrected chi connectivity index (χ2v) is 6.72. The van der Waals surface area contributed by atoms with Gasteiger partial charge in [0, 0.05) is 44.3 Å². The van der Waals surface area contributed by atoms with Gasteiger partial charge in [-0.1, -0.05) is 0 Å². The van der Waals surface area contributed by atoms with E-state index in [1.807, 2.05) is 4.90 Å². The topological polar surface area (TPSA) is 38.8 Å². The normalized spacial score (nSPS) is 34.8. The van der Waals surface area contributed by atoms with Crippen LogP contribution < -0.4 is 5.32 Å². The fraction of sp³-hybridized carbons (Fsp3) is 0.933. The van der Waals surface area contributed by atoms with E-state index in [2.05, 4.69) is 29.2 Å². The Morgan fingerprint density at radius 2 is 1.80 bits per heavy atom. The third-order valence-electron chi connectivity index (χ3n) is 5.55. The molecule has 2 unspecified atom stereocenters. The predicted molar refractivity (Wildman–Crippen MR) is 79.7 cm³/mol. The molecular weight excluding hydrogens is 252 g/mol. The fourth-order valence-electron chi connectivity index (χ4n) is 4.10. The zero-order valence-electron chi connectivity index (χ0n) is 12.8. The van der Waals surface area contributed by atoms with Crippen molar-refractivity contribution in [1.82, 2.24) is 20.0 Å². The Balaban J connectivity index is 1.51. The zero-order chi connectivity index (χ0) is 14.1. The third-order valence-corrected chi connectivity index (χ3v) is 5.55. The van der Waals surface area contributed by atoms with Crippen LogP contribution in [-0.2, 0) is 4.79 Å². The average molecular weight is 280 g/mol. The maximum atomic E-state index is 12.3. The molecule has 0 aliphatic carbocycles. The summed E-state index contributed by atoms with van der Waals surface area (Å²) in [5.74, 6) is 0.306. The van der Waals surface area contributed by atoms with Gasteiger partial charge in [-0.3, -0.25) is 9.69 Å². The molecule has 0 spiro atoms. The molecule has 3 aliphatic heterocycles. The number of nitrogens with zero attached hydrogens (tertiary/aromatic N) is 3. The molecule has 2 bridgehead atoms. The summed E-state index contributed by atoms with van der Waals surface area (Å²) in [5.41, 5.74) is 0. The van der Waals surface area contributed by atoms with Crippen LogP contribution in [0.1, 0.15) is 25.7 Å². The molecule has 0 saturated carbocycles. The van der Waals surface area contributed by atoms with Gasteiger partial charge in [0.2, 0.25) is 5.91 Å². The minimum Gasteiger partial charge on any atom is -0.339 e. The monoisotopic (exact) mass is 280 g/mol. The number of piperidine rings is 1. The largest absolute Gasteiger partial charge is 0.339 e. The molecule has 3 heterocycles. The van der Waals surface area contributed by atoms with Gasteiger partial charge in [-0.05, 0) is 39.8 Å². The van der Waals surface area contributed by atoms with E-state index in [9.17, 15) is 4.79 Å². The maximum Gasteiger partial charge on any atom is 0.236 e. The molecule has 2 atom stereocenters. The minimum absolute atomic E-state index is 0.306. The Bertz CT molecular complexity index is 342. The average Bonchev–Trinajstić information content (AvgIpc) is 2.68.